The summed E-state index contributed by atoms with van der Waals surface area (Å²) in [5, 5.41) is 22.9. The van der Waals surface area contributed by atoms with Crippen LogP contribution in [0.25, 0.3) is 0 Å². The first-order valence-electron chi connectivity index (χ1n) is 13.8. The molecule has 11 heteroatoms. The van der Waals surface area contributed by atoms with Gasteiger partial charge in [0, 0.05) is 42.8 Å². The lowest BCUT2D eigenvalue weighted by atomic mass is 9.87. The summed E-state index contributed by atoms with van der Waals surface area (Å²) in [4.78, 5) is 35.1. The van der Waals surface area contributed by atoms with Crippen molar-refractivity contribution in [3.8, 4) is 11.9 Å². The van der Waals surface area contributed by atoms with E-state index in [-0.39, 0.29) is 44.1 Å². The first-order chi connectivity index (χ1) is 19.3. The first kappa shape index (κ1) is 30.2. The van der Waals surface area contributed by atoms with Gasteiger partial charge in [-0.3, -0.25) is 24.4 Å². The number of likely N-dealkylation sites (tertiary alicyclic amines) is 1. The van der Waals surface area contributed by atoms with E-state index < -0.39 is 42.0 Å². The molecule has 2 aliphatic rings. The van der Waals surface area contributed by atoms with Gasteiger partial charge in [0.25, 0.3) is 5.91 Å². The molecule has 1 aromatic heterocycles. The maximum atomic E-state index is 14.3. The van der Waals surface area contributed by atoms with Crippen molar-refractivity contribution in [2.24, 2.45) is 0 Å². The van der Waals surface area contributed by atoms with E-state index in [1.807, 2.05) is 18.3 Å². The third-order valence-corrected chi connectivity index (χ3v) is 7.80. The minimum absolute atomic E-state index is 0.00241. The van der Waals surface area contributed by atoms with Gasteiger partial charge in [0.05, 0.1) is 26.0 Å². The molecule has 2 N–H and O–H groups in total. The summed E-state index contributed by atoms with van der Waals surface area (Å²) in [7, 11) is 1.46. The highest BCUT2D eigenvalue weighted by Crippen LogP contribution is 2.36. The Balaban J connectivity index is 1.80. The standard InChI is InChI=1S/C30H37F2N5O4/c1-29(2,3)20-5-7-22(8-6-20)37(28(40)25-14-23(38)17-36(25)18-33)26(19-13-24(41-4)16-34-15-19)27(39)35-21-9-11-30(31,32)12-10-21/h5-8,13,15-16,21,23,25-26,38H,9-12,14,17H2,1-4H3,(H,35,39)/t23-,25-,26?/m1/s1. The molecule has 220 valence electrons. The Morgan fingerprint density at radius 3 is 2.46 bits per heavy atom. The molecule has 9 nitrogen and oxygen atoms in total. The molecular formula is C30H37F2N5O4. The fourth-order valence-electron chi connectivity index (χ4n) is 5.42. The van der Waals surface area contributed by atoms with Gasteiger partial charge >= 0.3 is 0 Å². The summed E-state index contributed by atoms with van der Waals surface area (Å²) in [5.41, 5.74) is 1.59. The first-order valence-corrected chi connectivity index (χ1v) is 13.8. The van der Waals surface area contributed by atoms with Gasteiger partial charge in [0.2, 0.25) is 11.8 Å². The third-order valence-electron chi connectivity index (χ3n) is 7.80. The van der Waals surface area contributed by atoms with Crippen LogP contribution in [-0.2, 0) is 15.0 Å². The number of benzene rings is 1. The summed E-state index contributed by atoms with van der Waals surface area (Å²) < 4.78 is 33.0. The second-order valence-electron chi connectivity index (χ2n) is 11.9. The maximum absolute atomic E-state index is 14.3. The number of carbonyl (C=O) groups is 2. The summed E-state index contributed by atoms with van der Waals surface area (Å²) in [5.74, 6) is -3.52. The summed E-state index contributed by atoms with van der Waals surface area (Å²) >= 11 is 0. The number of nitrogens with one attached hydrogen (secondary N) is 1. The third kappa shape index (κ3) is 6.93. The Bertz CT molecular complexity index is 1280. The number of nitrogens with zero attached hydrogens (tertiary/aromatic N) is 4. The van der Waals surface area contributed by atoms with Gasteiger partial charge in [-0.2, -0.15) is 5.26 Å². The van der Waals surface area contributed by atoms with Gasteiger partial charge < -0.3 is 15.2 Å². The molecule has 1 aromatic carbocycles. The number of hydrogen-bond acceptors (Lipinski definition) is 7. The fourth-order valence-corrected chi connectivity index (χ4v) is 5.42. The number of aliphatic hydroxyl groups excluding tert-OH is 1. The van der Waals surface area contributed by atoms with Crippen molar-refractivity contribution >= 4 is 17.5 Å². The zero-order valence-electron chi connectivity index (χ0n) is 23.8. The van der Waals surface area contributed by atoms with Crippen molar-refractivity contribution in [1.29, 1.82) is 5.26 Å². The number of amides is 2. The van der Waals surface area contributed by atoms with Gasteiger partial charge in [0.1, 0.15) is 17.8 Å². The molecule has 1 saturated carbocycles. The lowest BCUT2D eigenvalue weighted by Gasteiger charge is -2.36. The average molecular weight is 570 g/mol. The van der Waals surface area contributed by atoms with Crippen LogP contribution in [0, 0.1) is 11.5 Å². The predicted octanol–water partition coefficient (Wildman–Crippen LogP) is 4.07. The Hall–Kier alpha value is -3.78. The van der Waals surface area contributed by atoms with Crippen molar-refractivity contribution in [1.82, 2.24) is 15.2 Å². The Morgan fingerprint density at radius 2 is 1.88 bits per heavy atom. The highest BCUT2D eigenvalue weighted by atomic mass is 19.3. The summed E-state index contributed by atoms with van der Waals surface area (Å²) in [6.45, 7) is 6.17. The van der Waals surface area contributed by atoms with Crippen LogP contribution in [-0.4, -0.2) is 64.6 Å². The molecule has 2 fully saturated rings. The van der Waals surface area contributed by atoms with Gasteiger partial charge in [-0.25, -0.2) is 8.78 Å². The molecule has 1 aliphatic heterocycles. The number of halogens is 2. The normalized spacial score (nSPS) is 21.6. The van der Waals surface area contributed by atoms with Crippen molar-refractivity contribution < 1.29 is 28.2 Å². The van der Waals surface area contributed by atoms with Crippen LogP contribution in [0.3, 0.4) is 0 Å². The second-order valence-corrected chi connectivity index (χ2v) is 11.9. The molecular weight excluding hydrogens is 532 g/mol. The smallest absolute Gasteiger partial charge is 0.251 e. The average Bonchev–Trinajstić information content (AvgIpc) is 3.32. The van der Waals surface area contributed by atoms with Crippen LogP contribution in [0.2, 0.25) is 0 Å². The number of hydrogen-bond donors (Lipinski definition) is 2. The van der Waals surface area contributed by atoms with Crippen LogP contribution < -0.4 is 15.0 Å². The Labute approximate surface area is 239 Å². The number of ether oxygens (including phenoxy) is 1. The summed E-state index contributed by atoms with van der Waals surface area (Å²) in [6, 6.07) is 6.09. The fraction of sp³-hybridized carbons (Fsp3) is 0.533. The van der Waals surface area contributed by atoms with E-state index in [0.717, 1.165) is 5.56 Å². The zero-order chi connectivity index (χ0) is 29.9. The van der Waals surface area contributed by atoms with Crippen LogP contribution >= 0.6 is 0 Å². The topological polar surface area (TPSA) is 119 Å². The van der Waals surface area contributed by atoms with E-state index in [1.165, 1.54) is 29.3 Å². The van der Waals surface area contributed by atoms with Gasteiger partial charge in [-0.15, -0.1) is 0 Å². The van der Waals surface area contributed by atoms with Crippen LogP contribution in [0.15, 0.2) is 42.7 Å². The van der Waals surface area contributed by atoms with Gasteiger partial charge in [-0.05, 0) is 42.0 Å². The lowest BCUT2D eigenvalue weighted by molar-refractivity contribution is -0.129. The zero-order valence-corrected chi connectivity index (χ0v) is 23.8. The number of carbonyl (C=O) groups excluding carboxylic acids is 2. The van der Waals surface area contributed by atoms with Crippen molar-refractivity contribution in [3.63, 3.8) is 0 Å². The largest absolute Gasteiger partial charge is 0.495 e. The number of pyridine rings is 1. The monoisotopic (exact) mass is 569 g/mol. The molecule has 4 rings (SSSR count). The SMILES string of the molecule is COc1cncc(C(C(=O)NC2CCC(F)(F)CC2)N(C(=O)[C@H]2C[C@@H](O)CN2C#N)c2ccc(C(C)(C)C)cc2)c1. The van der Waals surface area contributed by atoms with Crippen molar-refractivity contribution in [2.45, 2.75) is 88.4 Å². The molecule has 0 radical (unpaired) electrons. The molecule has 1 saturated heterocycles. The van der Waals surface area contributed by atoms with Crippen molar-refractivity contribution in [3.05, 3.63) is 53.9 Å². The van der Waals surface area contributed by atoms with Gasteiger partial charge in [0.15, 0.2) is 6.19 Å². The molecule has 0 bridgehead atoms. The highest BCUT2D eigenvalue weighted by Gasteiger charge is 2.44. The Morgan fingerprint density at radius 1 is 1.22 bits per heavy atom. The number of nitriles is 1. The number of methoxy groups -OCH3 is 1. The minimum atomic E-state index is -2.77. The van der Waals surface area contributed by atoms with Crippen molar-refractivity contribution in [2.75, 3.05) is 18.6 Å². The predicted molar refractivity (Wildman–Crippen MR) is 148 cm³/mol. The number of rotatable bonds is 7. The molecule has 41 heavy (non-hydrogen) atoms. The van der Waals surface area contributed by atoms with E-state index in [1.54, 1.807) is 18.2 Å². The summed E-state index contributed by atoms with van der Waals surface area (Å²) in [6.07, 6.45) is 3.58. The van der Waals surface area contributed by atoms with Gasteiger partial charge in [-0.1, -0.05) is 32.9 Å². The van der Waals surface area contributed by atoms with E-state index in [0.29, 0.717) is 17.0 Å². The molecule has 1 unspecified atom stereocenters. The second kappa shape index (κ2) is 12.0. The number of aliphatic hydroxyl groups is 1. The minimum Gasteiger partial charge on any atom is -0.495 e. The lowest BCUT2D eigenvalue weighted by Crippen LogP contribution is -2.52. The Kier molecular flexibility index (Phi) is 8.83. The highest BCUT2D eigenvalue weighted by molar-refractivity contribution is 6.04. The molecule has 1 aliphatic carbocycles. The number of β-amino-alcohol motifs (C(OH)–C–C–N with tert-alkyl or cyclic N) is 1. The molecule has 3 atom stereocenters. The number of anilines is 1. The van der Waals surface area contributed by atoms with E-state index in [4.69, 9.17) is 4.74 Å². The van der Waals surface area contributed by atoms with Crippen LogP contribution in [0.4, 0.5) is 14.5 Å². The molecule has 0 spiro atoms. The molecule has 2 aromatic rings. The quantitative estimate of drug-likeness (QED) is 0.483. The molecule has 2 heterocycles. The van der Waals surface area contributed by atoms with Crippen LogP contribution in [0.1, 0.15) is 70.0 Å². The van der Waals surface area contributed by atoms with E-state index in [2.05, 4.69) is 31.1 Å². The number of aromatic nitrogens is 1. The van der Waals surface area contributed by atoms with Crippen LogP contribution in [0.5, 0.6) is 5.75 Å². The molecule has 2 amide bonds. The number of alkyl halides is 2. The van der Waals surface area contributed by atoms with E-state index >= 15 is 0 Å². The van der Waals surface area contributed by atoms with E-state index in [9.17, 15) is 28.7 Å². The maximum Gasteiger partial charge on any atom is 0.251 e.